The lowest BCUT2D eigenvalue weighted by molar-refractivity contribution is -0.384. The Hall–Kier alpha value is -2.22. The molecule has 8 nitrogen and oxygen atoms in total. The predicted molar refractivity (Wildman–Crippen MR) is 77.9 cm³/mol. The number of carbonyl (C=O) groups is 1. The van der Waals surface area contributed by atoms with E-state index >= 15 is 0 Å². The highest BCUT2D eigenvalue weighted by Gasteiger charge is 2.28. The molecule has 0 saturated heterocycles. The van der Waals surface area contributed by atoms with Crippen molar-refractivity contribution in [3.63, 3.8) is 0 Å². The quantitative estimate of drug-likeness (QED) is 0.612. The SMILES string of the molecule is CN(CCN(C)C1CC1)C(=O)c1ccnc(N)c1[N+](=O)[O-]. The maximum Gasteiger partial charge on any atom is 0.323 e. The first-order chi connectivity index (χ1) is 9.91. The van der Waals surface area contributed by atoms with Crippen LogP contribution in [0.3, 0.4) is 0 Å². The van der Waals surface area contributed by atoms with Crippen LogP contribution < -0.4 is 5.73 Å². The number of pyridine rings is 1. The summed E-state index contributed by atoms with van der Waals surface area (Å²) in [6.07, 6.45) is 3.70. The largest absolute Gasteiger partial charge is 0.378 e. The molecule has 1 heterocycles. The van der Waals surface area contributed by atoms with E-state index in [2.05, 4.69) is 9.88 Å². The molecule has 0 aliphatic heterocycles. The van der Waals surface area contributed by atoms with Crippen LogP contribution in [0.15, 0.2) is 12.3 Å². The third kappa shape index (κ3) is 3.46. The van der Waals surface area contributed by atoms with Crippen molar-refractivity contribution in [3.05, 3.63) is 27.9 Å². The van der Waals surface area contributed by atoms with Crippen molar-refractivity contribution in [3.8, 4) is 0 Å². The van der Waals surface area contributed by atoms with E-state index in [1.54, 1.807) is 7.05 Å². The number of nitrogens with two attached hydrogens (primary N) is 1. The summed E-state index contributed by atoms with van der Waals surface area (Å²) in [4.78, 5) is 30.0. The van der Waals surface area contributed by atoms with E-state index in [1.165, 1.54) is 30.0 Å². The number of amides is 1. The van der Waals surface area contributed by atoms with Gasteiger partial charge < -0.3 is 15.5 Å². The lowest BCUT2D eigenvalue weighted by Gasteiger charge is -2.22. The Morgan fingerprint density at radius 1 is 1.48 bits per heavy atom. The van der Waals surface area contributed by atoms with E-state index in [4.69, 9.17) is 5.73 Å². The number of carbonyl (C=O) groups excluding carboxylic acids is 1. The van der Waals surface area contributed by atoms with E-state index in [9.17, 15) is 14.9 Å². The van der Waals surface area contributed by atoms with Crippen molar-refractivity contribution in [2.75, 3.05) is 32.9 Å². The highest BCUT2D eigenvalue weighted by atomic mass is 16.6. The Bertz CT molecular complexity index is 559. The van der Waals surface area contributed by atoms with E-state index in [1.807, 2.05) is 7.05 Å². The summed E-state index contributed by atoms with van der Waals surface area (Å²) in [6.45, 7) is 1.24. The van der Waals surface area contributed by atoms with Crippen LogP contribution in [0, 0.1) is 10.1 Å². The van der Waals surface area contributed by atoms with Gasteiger partial charge in [0.25, 0.3) is 5.91 Å². The zero-order valence-electron chi connectivity index (χ0n) is 12.2. The van der Waals surface area contributed by atoms with Gasteiger partial charge in [-0.1, -0.05) is 0 Å². The van der Waals surface area contributed by atoms with Crippen molar-refractivity contribution in [1.29, 1.82) is 0 Å². The van der Waals surface area contributed by atoms with Crippen molar-refractivity contribution < 1.29 is 9.72 Å². The zero-order chi connectivity index (χ0) is 15.6. The molecule has 0 spiro atoms. The standard InChI is InChI=1S/C13H19N5O3/c1-16(9-3-4-9)7-8-17(2)13(19)10-5-6-15-12(14)11(10)18(20)21/h5-6,9H,3-4,7-8H2,1-2H3,(H2,14,15). The fraction of sp³-hybridized carbons (Fsp3) is 0.538. The first kappa shape index (κ1) is 15.2. The van der Waals surface area contributed by atoms with Crippen LogP contribution in [0.2, 0.25) is 0 Å². The Morgan fingerprint density at radius 2 is 2.14 bits per heavy atom. The van der Waals surface area contributed by atoms with Crippen LogP contribution in [0.1, 0.15) is 23.2 Å². The number of anilines is 1. The molecular formula is C13H19N5O3. The van der Waals surface area contributed by atoms with Crippen LogP contribution in [0.5, 0.6) is 0 Å². The van der Waals surface area contributed by atoms with Gasteiger partial charge in [0, 0.05) is 32.4 Å². The van der Waals surface area contributed by atoms with Gasteiger partial charge in [-0.25, -0.2) is 4.98 Å². The fourth-order valence-electron chi connectivity index (χ4n) is 2.15. The predicted octanol–water partition coefficient (Wildman–Crippen LogP) is 0.738. The van der Waals surface area contributed by atoms with Crippen molar-refractivity contribution in [2.24, 2.45) is 0 Å². The second-order valence-electron chi connectivity index (χ2n) is 5.29. The van der Waals surface area contributed by atoms with E-state index < -0.39 is 16.5 Å². The van der Waals surface area contributed by atoms with Crippen LogP contribution in [-0.4, -0.2) is 58.8 Å². The van der Waals surface area contributed by atoms with Gasteiger partial charge in [-0.3, -0.25) is 14.9 Å². The third-order valence-electron chi connectivity index (χ3n) is 3.67. The monoisotopic (exact) mass is 293 g/mol. The zero-order valence-corrected chi connectivity index (χ0v) is 12.2. The summed E-state index contributed by atoms with van der Waals surface area (Å²) in [7, 11) is 3.65. The van der Waals surface area contributed by atoms with E-state index in [0.29, 0.717) is 12.6 Å². The number of nitrogen functional groups attached to an aromatic ring is 1. The molecule has 0 atom stereocenters. The topological polar surface area (TPSA) is 106 Å². The first-order valence-electron chi connectivity index (χ1n) is 6.76. The van der Waals surface area contributed by atoms with Gasteiger partial charge in [-0.05, 0) is 26.0 Å². The highest BCUT2D eigenvalue weighted by molar-refractivity contribution is 5.99. The van der Waals surface area contributed by atoms with Crippen molar-refractivity contribution in [1.82, 2.24) is 14.8 Å². The maximum absolute atomic E-state index is 12.3. The molecule has 0 aromatic carbocycles. The fourth-order valence-corrected chi connectivity index (χ4v) is 2.15. The summed E-state index contributed by atoms with van der Waals surface area (Å²) in [5.41, 5.74) is 5.05. The molecule has 0 bridgehead atoms. The molecule has 0 unspecified atom stereocenters. The van der Waals surface area contributed by atoms with Gasteiger partial charge in [0.2, 0.25) is 5.82 Å². The molecular weight excluding hydrogens is 274 g/mol. The van der Waals surface area contributed by atoms with Crippen molar-refractivity contribution >= 4 is 17.4 Å². The van der Waals surface area contributed by atoms with Gasteiger partial charge in [0.05, 0.1) is 4.92 Å². The summed E-state index contributed by atoms with van der Waals surface area (Å²) in [6, 6.07) is 1.94. The number of nitrogens with zero attached hydrogens (tertiary/aromatic N) is 4. The average molecular weight is 293 g/mol. The van der Waals surface area contributed by atoms with Crippen LogP contribution in [0.25, 0.3) is 0 Å². The molecule has 1 amide bonds. The normalized spacial score (nSPS) is 14.2. The number of aromatic nitrogens is 1. The van der Waals surface area contributed by atoms with Gasteiger partial charge in [-0.15, -0.1) is 0 Å². The molecule has 1 aromatic heterocycles. The maximum atomic E-state index is 12.3. The van der Waals surface area contributed by atoms with Gasteiger partial charge in [0.1, 0.15) is 5.56 Å². The average Bonchev–Trinajstić information content (AvgIpc) is 3.27. The molecule has 1 saturated carbocycles. The van der Waals surface area contributed by atoms with Crippen LogP contribution >= 0.6 is 0 Å². The highest BCUT2D eigenvalue weighted by Crippen LogP contribution is 2.26. The molecule has 0 radical (unpaired) electrons. The summed E-state index contributed by atoms with van der Waals surface area (Å²) in [5.74, 6) is -0.658. The smallest absolute Gasteiger partial charge is 0.323 e. The van der Waals surface area contributed by atoms with E-state index in [-0.39, 0.29) is 11.4 Å². The Kier molecular flexibility index (Phi) is 4.37. The summed E-state index contributed by atoms with van der Waals surface area (Å²) < 4.78 is 0. The molecule has 1 aromatic rings. The molecule has 114 valence electrons. The minimum Gasteiger partial charge on any atom is -0.378 e. The summed E-state index contributed by atoms with van der Waals surface area (Å²) in [5, 5.41) is 11.0. The van der Waals surface area contributed by atoms with Gasteiger partial charge in [-0.2, -0.15) is 0 Å². The van der Waals surface area contributed by atoms with Crippen molar-refractivity contribution in [2.45, 2.75) is 18.9 Å². The number of likely N-dealkylation sites (N-methyl/N-ethyl adjacent to an activating group) is 2. The molecule has 2 rings (SSSR count). The molecule has 1 fully saturated rings. The lowest BCUT2D eigenvalue weighted by atomic mass is 10.2. The van der Waals surface area contributed by atoms with Gasteiger partial charge in [0.15, 0.2) is 0 Å². The third-order valence-corrected chi connectivity index (χ3v) is 3.67. The van der Waals surface area contributed by atoms with E-state index in [0.717, 1.165) is 6.54 Å². The van der Waals surface area contributed by atoms with Crippen LogP contribution in [-0.2, 0) is 0 Å². The minimum absolute atomic E-state index is 0.0240. The number of nitro groups is 1. The number of rotatable bonds is 6. The Labute approximate surface area is 122 Å². The Balaban J connectivity index is 2.08. The van der Waals surface area contributed by atoms with Crippen LogP contribution in [0.4, 0.5) is 11.5 Å². The Morgan fingerprint density at radius 3 is 2.71 bits per heavy atom. The molecule has 1 aliphatic carbocycles. The second kappa shape index (κ2) is 6.04. The molecule has 21 heavy (non-hydrogen) atoms. The molecule has 8 heteroatoms. The molecule has 1 aliphatic rings. The second-order valence-corrected chi connectivity index (χ2v) is 5.29. The van der Waals surface area contributed by atoms with Gasteiger partial charge >= 0.3 is 5.69 Å². The summed E-state index contributed by atoms with van der Waals surface area (Å²) >= 11 is 0. The lowest BCUT2D eigenvalue weighted by Crippen LogP contribution is -2.35. The first-order valence-corrected chi connectivity index (χ1v) is 6.76. The number of hydrogen-bond donors (Lipinski definition) is 1. The molecule has 2 N–H and O–H groups in total. The number of hydrogen-bond acceptors (Lipinski definition) is 6. The minimum atomic E-state index is -0.667.